The first kappa shape index (κ1) is 23.8. The minimum absolute atomic E-state index is 0.106. The van der Waals surface area contributed by atoms with E-state index in [1.54, 1.807) is 20.8 Å². The minimum Gasteiger partial charge on any atom is -0.480 e. The number of alkyl carbamates (subject to hydrolysis) is 1. The number of hydrogen-bond donors (Lipinski definition) is 3. The van der Waals surface area contributed by atoms with Crippen molar-refractivity contribution in [2.45, 2.75) is 103 Å². The first-order chi connectivity index (χ1) is 14.9. The van der Waals surface area contributed by atoms with Crippen molar-refractivity contribution in [1.29, 1.82) is 0 Å². The molecule has 0 heterocycles. The van der Waals surface area contributed by atoms with Crippen molar-refractivity contribution in [1.82, 2.24) is 10.6 Å². The lowest BCUT2D eigenvalue weighted by molar-refractivity contribution is -0.143. The highest BCUT2D eigenvalue weighted by Gasteiger charge is 2.34. The first-order valence-corrected chi connectivity index (χ1v) is 11.5. The SMILES string of the molecule is [2H]C1(C[C@H](NC(=O)C2CCC([C@@H](CF)NC(=O)OC(C)(C)C)CC2)C(=O)O)CCCCC1. The maximum Gasteiger partial charge on any atom is 0.407 e. The van der Waals surface area contributed by atoms with E-state index in [2.05, 4.69) is 10.6 Å². The Morgan fingerprint density at radius 1 is 1.06 bits per heavy atom. The minimum atomic E-state index is -1.11. The largest absolute Gasteiger partial charge is 0.480 e. The normalized spacial score (nSPS) is 26.1. The van der Waals surface area contributed by atoms with Crippen molar-refractivity contribution in [2.24, 2.45) is 17.7 Å². The zero-order chi connectivity index (χ0) is 23.9. The summed E-state index contributed by atoms with van der Waals surface area (Å²) in [5, 5.41) is 14.8. The van der Waals surface area contributed by atoms with Gasteiger partial charge in [-0.2, -0.15) is 0 Å². The summed E-state index contributed by atoms with van der Waals surface area (Å²) < 4.78 is 27.3. The fourth-order valence-electron chi connectivity index (χ4n) is 4.56. The van der Waals surface area contributed by atoms with Gasteiger partial charge in [0.25, 0.3) is 0 Å². The number of rotatable bonds is 8. The van der Waals surface area contributed by atoms with E-state index in [0.29, 0.717) is 38.5 Å². The van der Waals surface area contributed by atoms with Crippen molar-refractivity contribution < 1.29 is 30.0 Å². The van der Waals surface area contributed by atoms with Crippen LogP contribution in [0.4, 0.5) is 9.18 Å². The third kappa shape index (κ3) is 8.65. The molecule has 0 spiro atoms. The number of carbonyl (C=O) groups is 3. The summed E-state index contributed by atoms with van der Waals surface area (Å²) >= 11 is 0. The van der Waals surface area contributed by atoms with E-state index in [1.165, 1.54) is 0 Å². The maximum atomic E-state index is 13.6. The van der Waals surface area contributed by atoms with E-state index in [9.17, 15) is 23.9 Å². The fourth-order valence-corrected chi connectivity index (χ4v) is 4.56. The average molecular weight is 444 g/mol. The molecule has 3 N–H and O–H groups in total. The Morgan fingerprint density at radius 2 is 1.68 bits per heavy atom. The Bertz CT molecular complexity index is 655. The predicted molar refractivity (Wildman–Crippen MR) is 115 cm³/mol. The van der Waals surface area contributed by atoms with Crippen LogP contribution in [0.25, 0.3) is 0 Å². The van der Waals surface area contributed by atoms with Crippen LogP contribution in [0.2, 0.25) is 0 Å². The van der Waals surface area contributed by atoms with Crippen molar-refractivity contribution >= 4 is 18.0 Å². The lowest BCUT2D eigenvalue weighted by atomic mass is 9.78. The number of amides is 2. The van der Waals surface area contributed by atoms with Gasteiger partial charge in [-0.15, -0.1) is 0 Å². The standard InChI is InChI=1S/C23H39FN2O5/c1-23(2,3)31-22(30)26-19(14-24)16-9-11-17(12-10-16)20(27)25-18(21(28)29)13-15-7-5-4-6-8-15/h15-19H,4-14H2,1-3H3,(H,25,27)(H,26,30)(H,28,29)/t16?,17?,18-,19+/m0/s1/i15D. The van der Waals surface area contributed by atoms with Crippen molar-refractivity contribution in [3.63, 3.8) is 0 Å². The Morgan fingerprint density at radius 3 is 2.19 bits per heavy atom. The molecule has 2 saturated carbocycles. The third-order valence-electron chi connectivity index (χ3n) is 6.25. The number of alkyl halides is 1. The summed E-state index contributed by atoms with van der Waals surface area (Å²) in [7, 11) is 0. The molecule has 7 nitrogen and oxygen atoms in total. The van der Waals surface area contributed by atoms with Gasteiger partial charge in [-0.05, 0) is 64.7 Å². The average Bonchev–Trinajstić information content (AvgIpc) is 2.70. The van der Waals surface area contributed by atoms with Crippen LogP contribution in [0.3, 0.4) is 0 Å². The Balaban J connectivity index is 1.86. The van der Waals surface area contributed by atoms with Gasteiger partial charge in [0.15, 0.2) is 0 Å². The molecule has 0 bridgehead atoms. The molecule has 2 rings (SSSR count). The van der Waals surface area contributed by atoms with E-state index < -0.39 is 42.3 Å². The zero-order valence-corrected chi connectivity index (χ0v) is 19.0. The molecule has 8 heteroatoms. The number of carboxylic acid groups (broad SMARTS) is 1. The van der Waals surface area contributed by atoms with Crippen LogP contribution in [0.15, 0.2) is 0 Å². The van der Waals surface area contributed by atoms with Crippen LogP contribution in [-0.4, -0.2) is 47.4 Å². The van der Waals surface area contributed by atoms with E-state index in [4.69, 9.17) is 6.11 Å². The molecule has 0 saturated heterocycles. The van der Waals surface area contributed by atoms with Crippen LogP contribution >= 0.6 is 0 Å². The number of carboxylic acids is 1. The zero-order valence-electron chi connectivity index (χ0n) is 20.0. The summed E-state index contributed by atoms with van der Waals surface area (Å²) in [5.74, 6) is -2.67. The maximum absolute atomic E-state index is 13.6. The Hall–Kier alpha value is -1.86. The van der Waals surface area contributed by atoms with Gasteiger partial charge in [0.05, 0.1) is 6.04 Å². The molecule has 0 unspecified atom stereocenters. The number of ether oxygens (including phenoxy) is 1. The van der Waals surface area contributed by atoms with Crippen molar-refractivity contribution in [3.8, 4) is 0 Å². The molecule has 0 aromatic rings. The molecule has 31 heavy (non-hydrogen) atoms. The Labute approximate surface area is 186 Å². The molecule has 178 valence electrons. The lowest BCUT2D eigenvalue weighted by Crippen LogP contribution is -2.48. The summed E-state index contributed by atoms with van der Waals surface area (Å²) in [5.41, 5.74) is -0.670. The van der Waals surface area contributed by atoms with Crippen LogP contribution < -0.4 is 10.6 Å². The van der Waals surface area contributed by atoms with Crippen LogP contribution in [0.1, 0.15) is 86.4 Å². The fraction of sp³-hybridized carbons (Fsp3) is 0.870. The Kier molecular flexibility index (Phi) is 8.96. The van der Waals surface area contributed by atoms with Gasteiger partial charge in [-0.3, -0.25) is 4.79 Å². The van der Waals surface area contributed by atoms with Gasteiger partial charge in [-0.1, -0.05) is 32.1 Å². The van der Waals surface area contributed by atoms with E-state index in [0.717, 1.165) is 19.3 Å². The van der Waals surface area contributed by atoms with Crippen LogP contribution in [-0.2, 0) is 14.3 Å². The van der Waals surface area contributed by atoms with Gasteiger partial charge in [0, 0.05) is 7.29 Å². The molecule has 0 radical (unpaired) electrons. The summed E-state index contributed by atoms with van der Waals surface area (Å²) in [6.07, 6.45) is 5.80. The van der Waals surface area contributed by atoms with Gasteiger partial charge < -0.3 is 20.5 Å². The molecular weight excluding hydrogens is 403 g/mol. The topological polar surface area (TPSA) is 105 Å². The quantitative estimate of drug-likeness (QED) is 0.522. The van der Waals surface area contributed by atoms with Gasteiger partial charge in [0.2, 0.25) is 5.91 Å². The van der Waals surface area contributed by atoms with Gasteiger partial charge in [0.1, 0.15) is 18.3 Å². The number of aliphatic carboxylic acids is 1. The lowest BCUT2D eigenvalue weighted by Gasteiger charge is -2.33. The van der Waals surface area contributed by atoms with Crippen LogP contribution in [0.5, 0.6) is 0 Å². The molecule has 2 fully saturated rings. The predicted octanol–water partition coefficient (Wildman–Crippen LogP) is 4.20. The molecular formula is C23H39FN2O5. The monoisotopic (exact) mass is 443 g/mol. The van der Waals surface area contributed by atoms with Crippen molar-refractivity contribution in [3.05, 3.63) is 0 Å². The number of hydrogen-bond acceptors (Lipinski definition) is 4. The number of carbonyl (C=O) groups excluding carboxylic acids is 2. The van der Waals surface area contributed by atoms with Crippen molar-refractivity contribution in [2.75, 3.05) is 6.67 Å². The molecule has 2 aliphatic carbocycles. The van der Waals surface area contributed by atoms with E-state index in [-0.39, 0.29) is 24.2 Å². The number of halogens is 1. The second kappa shape index (κ2) is 11.7. The molecule has 2 amide bonds. The summed E-state index contributed by atoms with van der Waals surface area (Å²) in [6.45, 7) is 4.50. The molecule has 0 aromatic carbocycles. The molecule has 0 aromatic heterocycles. The van der Waals surface area contributed by atoms with E-state index >= 15 is 0 Å². The summed E-state index contributed by atoms with van der Waals surface area (Å²) in [6, 6.07) is -1.74. The highest BCUT2D eigenvalue weighted by Crippen LogP contribution is 2.32. The highest BCUT2D eigenvalue weighted by molar-refractivity contribution is 5.85. The van der Waals surface area contributed by atoms with Gasteiger partial charge in [-0.25, -0.2) is 14.0 Å². The third-order valence-corrected chi connectivity index (χ3v) is 6.25. The number of nitrogens with one attached hydrogen (secondary N) is 2. The molecule has 0 aliphatic heterocycles. The van der Waals surface area contributed by atoms with Crippen LogP contribution in [0, 0.1) is 17.7 Å². The second-order valence-corrected chi connectivity index (χ2v) is 9.93. The van der Waals surface area contributed by atoms with E-state index in [1.807, 2.05) is 0 Å². The smallest absolute Gasteiger partial charge is 0.407 e. The van der Waals surface area contributed by atoms with Gasteiger partial charge >= 0.3 is 12.1 Å². The first-order valence-electron chi connectivity index (χ1n) is 12.0. The highest BCUT2D eigenvalue weighted by atomic mass is 19.1. The second-order valence-electron chi connectivity index (χ2n) is 9.93. The summed E-state index contributed by atoms with van der Waals surface area (Å²) in [4.78, 5) is 36.4. The molecule has 2 atom stereocenters. The molecule has 2 aliphatic rings.